The first-order valence-corrected chi connectivity index (χ1v) is 8.02. The topological polar surface area (TPSA) is 76.5 Å². The van der Waals surface area contributed by atoms with Gasteiger partial charge in [0, 0.05) is 30.7 Å². The third-order valence-corrected chi connectivity index (χ3v) is 4.16. The first kappa shape index (κ1) is 15.2. The first-order valence-electron chi connectivity index (χ1n) is 7.03. The number of H-pyrrole nitrogens is 1. The summed E-state index contributed by atoms with van der Waals surface area (Å²) in [5.41, 5.74) is 1.53. The van der Waals surface area contributed by atoms with Crippen LogP contribution in [0.25, 0.3) is 11.4 Å². The quantitative estimate of drug-likeness (QED) is 0.411. The molecule has 23 heavy (non-hydrogen) atoms. The minimum absolute atomic E-state index is 0.0265. The largest absolute Gasteiger partial charge is 0.359 e. The van der Waals surface area contributed by atoms with E-state index in [1.807, 2.05) is 16.7 Å². The van der Waals surface area contributed by atoms with Gasteiger partial charge in [0.1, 0.15) is 0 Å². The van der Waals surface area contributed by atoms with E-state index in [1.54, 1.807) is 36.8 Å². The molecule has 0 radical (unpaired) electrons. The number of aromatic amines is 1. The Hall–Kier alpha value is -2.67. The second-order valence-electron chi connectivity index (χ2n) is 4.74. The number of Topliss-reactive ketones (excluding diaryl/α,β-unsaturated/α-hetero) is 1. The molecule has 7 heteroatoms. The van der Waals surface area contributed by atoms with Gasteiger partial charge in [0.05, 0.1) is 11.4 Å². The molecule has 0 spiro atoms. The van der Waals surface area contributed by atoms with Crippen molar-refractivity contribution in [2.24, 2.45) is 0 Å². The number of hydrogen-bond donors (Lipinski definition) is 1. The molecular formula is C16H15N5OS. The maximum Gasteiger partial charge on any atom is 0.192 e. The van der Waals surface area contributed by atoms with E-state index in [9.17, 15) is 4.79 Å². The number of nitrogens with zero attached hydrogens (tertiary/aromatic N) is 4. The molecular weight excluding hydrogens is 310 g/mol. The van der Waals surface area contributed by atoms with Crippen molar-refractivity contribution >= 4 is 17.5 Å². The Labute approximate surface area is 137 Å². The lowest BCUT2D eigenvalue weighted by molar-refractivity contribution is 0.101. The average Bonchev–Trinajstić information content (AvgIpc) is 3.24. The molecule has 0 atom stereocenters. The van der Waals surface area contributed by atoms with Gasteiger partial charge in [-0.2, -0.15) is 0 Å². The molecule has 0 aliphatic rings. The fraction of sp³-hybridized carbons (Fsp3) is 0.125. The van der Waals surface area contributed by atoms with Crippen molar-refractivity contribution in [3.8, 4) is 11.4 Å². The highest BCUT2D eigenvalue weighted by Gasteiger charge is 2.15. The lowest BCUT2D eigenvalue weighted by atomic mass is 10.2. The van der Waals surface area contributed by atoms with Crippen LogP contribution >= 0.6 is 11.8 Å². The molecule has 3 aromatic heterocycles. The molecule has 3 rings (SSSR count). The molecule has 0 unspecified atom stereocenters. The van der Waals surface area contributed by atoms with Crippen molar-refractivity contribution in [1.82, 2.24) is 24.7 Å². The summed E-state index contributed by atoms with van der Waals surface area (Å²) in [4.78, 5) is 19.0. The van der Waals surface area contributed by atoms with Crippen molar-refractivity contribution < 1.29 is 4.79 Å². The lowest BCUT2D eigenvalue weighted by Crippen LogP contribution is -2.05. The molecule has 0 aliphatic heterocycles. The minimum atomic E-state index is 0.0265. The Morgan fingerprint density at radius 1 is 1.30 bits per heavy atom. The van der Waals surface area contributed by atoms with Crippen LogP contribution in [0.5, 0.6) is 0 Å². The van der Waals surface area contributed by atoms with Crippen LogP contribution in [0.3, 0.4) is 0 Å². The van der Waals surface area contributed by atoms with E-state index in [0.29, 0.717) is 23.1 Å². The molecule has 0 bridgehead atoms. The summed E-state index contributed by atoms with van der Waals surface area (Å²) in [7, 11) is 0. The molecule has 116 valence electrons. The normalized spacial score (nSPS) is 10.6. The maximum atomic E-state index is 12.1. The molecule has 0 aliphatic carbocycles. The summed E-state index contributed by atoms with van der Waals surface area (Å²) in [5, 5.41) is 9.14. The first-order chi connectivity index (χ1) is 11.3. The summed E-state index contributed by atoms with van der Waals surface area (Å²) < 4.78 is 1.94. The van der Waals surface area contributed by atoms with Gasteiger partial charge in [-0.15, -0.1) is 16.8 Å². The second-order valence-corrected chi connectivity index (χ2v) is 5.68. The van der Waals surface area contributed by atoms with Crippen LogP contribution < -0.4 is 0 Å². The molecule has 1 N–H and O–H groups in total. The SMILES string of the molecule is C=CCn1c(SCC(=O)c2ccc[nH]2)nnc1-c1ccncc1. The smallest absolute Gasteiger partial charge is 0.192 e. The molecule has 0 saturated heterocycles. The number of allylic oxidation sites excluding steroid dienone is 1. The number of pyridine rings is 1. The zero-order valence-corrected chi connectivity index (χ0v) is 13.2. The standard InChI is InChI=1S/C16H15N5OS/c1-2-10-21-15(12-5-8-17-9-6-12)19-20-16(21)23-11-14(22)13-4-3-7-18-13/h2-9,18H,1,10-11H2. The van der Waals surface area contributed by atoms with Crippen LogP contribution in [-0.4, -0.2) is 36.3 Å². The van der Waals surface area contributed by atoms with Gasteiger partial charge in [0.15, 0.2) is 16.8 Å². The van der Waals surface area contributed by atoms with Crippen LogP contribution in [0.2, 0.25) is 0 Å². The summed E-state index contributed by atoms with van der Waals surface area (Å²) >= 11 is 1.37. The number of hydrogen-bond acceptors (Lipinski definition) is 5. The maximum absolute atomic E-state index is 12.1. The summed E-state index contributed by atoms with van der Waals surface area (Å²) in [5.74, 6) is 1.06. The van der Waals surface area contributed by atoms with E-state index in [0.717, 1.165) is 11.4 Å². The number of aromatic nitrogens is 5. The zero-order valence-electron chi connectivity index (χ0n) is 12.3. The molecule has 3 aromatic rings. The van der Waals surface area contributed by atoms with Crippen LogP contribution in [0, 0.1) is 0 Å². The molecule has 6 nitrogen and oxygen atoms in total. The average molecular weight is 325 g/mol. The van der Waals surface area contributed by atoms with Gasteiger partial charge >= 0.3 is 0 Å². The van der Waals surface area contributed by atoms with Crippen LogP contribution in [-0.2, 0) is 6.54 Å². The van der Waals surface area contributed by atoms with Gasteiger partial charge in [-0.1, -0.05) is 17.8 Å². The second kappa shape index (κ2) is 7.06. The Morgan fingerprint density at radius 3 is 2.83 bits per heavy atom. The van der Waals surface area contributed by atoms with Crippen LogP contribution in [0.4, 0.5) is 0 Å². The summed E-state index contributed by atoms with van der Waals surface area (Å²) in [6, 6.07) is 7.32. The summed E-state index contributed by atoms with van der Waals surface area (Å²) in [6.07, 6.45) is 6.94. The van der Waals surface area contributed by atoms with E-state index in [4.69, 9.17) is 0 Å². The Kier molecular flexibility index (Phi) is 4.68. The molecule has 0 saturated carbocycles. The molecule has 0 aromatic carbocycles. The minimum Gasteiger partial charge on any atom is -0.359 e. The number of rotatable bonds is 7. The van der Waals surface area contributed by atoms with E-state index in [2.05, 4.69) is 26.7 Å². The van der Waals surface area contributed by atoms with E-state index in [1.165, 1.54) is 11.8 Å². The highest BCUT2D eigenvalue weighted by atomic mass is 32.2. The Morgan fingerprint density at radius 2 is 2.13 bits per heavy atom. The molecule has 3 heterocycles. The van der Waals surface area contributed by atoms with Crippen molar-refractivity contribution in [2.75, 3.05) is 5.75 Å². The predicted molar refractivity (Wildman–Crippen MR) is 89.3 cm³/mol. The van der Waals surface area contributed by atoms with Gasteiger partial charge < -0.3 is 4.98 Å². The third-order valence-electron chi connectivity index (χ3n) is 3.20. The zero-order chi connectivity index (χ0) is 16.1. The Bertz CT molecular complexity index is 795. The van der Waals surface area contributed by atoms with E-state index < -0.39 is 0 Å². The van der Waals surface area contributed by atoms with Crippen LogP contribution in [0.1, 0.15) is 10.5 Å². The molecule has 0 amide bonds. The van der Waals surface area contributed by atoms with Gasteiger partial charge in [-0.25, -0.2) is 0 Å². The number of carbonyl (C=O) groups excluding carboxylic acids is 1. The van der Waals surface area contributed by atoms with E-state index >= 15 is 0 Å². The number of thioether (sulfide) groups is 1. The van der Waals surface area contributed by atoms with Crippen molar-refractivity contribution in [2.45, 2.75) is 11.7 Å². The van der Waals surface area contributed by atoms with Crippen molar-refractivity contribution in [1.29, 1.82) is 0 Å². The van der Waals surface area contributed by atoms with Crippen LogP contribution in [0.15, 0.2) is 60.7 Å². The Balaban J connectivity index is 1.81. The summed E-state index contributed by atoms with van der Waals surface area (Å²) in [6.45, 7) is 4.35. The van der Waals surface area contributed by atoms with Crippen molar-refractivity contribution in [3.05, 3.63) is 61.2 Å². The lowest BCUT2D eigenvalue weighted by Gasteiger charge is -2.07. The number of carbonyl (C=O) groups is 1. The number of ketones is 1. The monoisotopic (exact) mass is 325 g/mol. The predicted octanol–water partition coefficient (Wildman–Crippen LogP) is 2.83. The van der Waals surface area contributed by atoms with Gasteiger partial charge in [0.25, 0.3) is 0 Å². The molecule has 0 fully saturated rings. The van der Waals surface area contributed by atoms with Gasteiger partial charge in [0.2, 0.25) is 0 Å². The number of nitrogens with one attached hydrogen (secondary N) is 1. The van der Waals surface area contributed by atoms with E-state index in [-0.39, 0.29) is 5.78 Å². The van der Waals surface area contributed by atoms with Gasteiger partial charge in [-0.3, -0.25) is 14.3 Å². The highest BCUT2D eigenvalue weighted by Crippen LogP contribution is 2.24. The fourth-order valence-corrected chi connectivity index (χ4v) is 2.95. The third kappa shape index (κ3) is 3.40. The van der Waals surface area contributed by atoms with Crippen molar-refractivity contribution in [3.63, 3.8) is 0 Å². The highest BCUT2D eigenvalue weighted by molar-refractivity contribution is 7.99. The fourth-order valence-electron chi connectivity index (χ4n) is 2.12. The van der Waals surface area contributed by atoms with Gasteiger partial charge in [-0.05, 0) is 24.3 Å².